The lowest BCUT2D eigenvalue weighted by molar-refractivity contribution is -0.0972. The van der Waals surface area contributed by atoms with Crippen LogP contribution in [0, 0.1) is 11.3 Å². The van der Waals surface area contributed by atoms with Crippen LogP contribution in [0.4, 0.5) is 0 Å². The Kier molecular flexibility index (Phi) is 8.80. The van der Waals surface area contributed by atoms with Gasteiger partial charge in [0.2, 0.25) is 0 Å². The summed E-state index contributed by atoms with van der Waals surface area (Å²) in [6.07, 6.45) is -0.0119. The quantitative estimate of drug-likeness (QED) is 0.270. The molecule has 0 aliphatic rings. The van der Waals surface area contributed by atoms with E-state index in [1.54, 1.807) is 11.6 Å². The van der Waals surface area contributed by atoms with Crippen molar-refractivity contribution >= 4 is 46.3 Å². The van der Waals surface area contributed by atoms with Crippen molar-refractivity contribution in [3.63, 3.8) is 0 Å². The number of aromatic nitrogens is 5. The van der Waals surface area contributed by atoms with Crippen LogP contribution in [0.15, 0.2) is 28.7 Å². The predicted octanol–water partition coefficient (Wildman–Crippen LogP) is 2.21. The second-order valence-electron chi connectivity index (χ2n) is 6.57. The molecule has 0 saturated heterocycles. The average Bonchev–Trinajstić information content (AvgIpc) is 3.39. The number of aliphatic hydroxyl groups is 3. The van der Waals surface area contributed by atoms with E-state index in [4.69, 9.17) is 33.2 Å². The van der Waals surface area contributed by atoms with Gasteiger partial charge in [0.15, 0.2) is 5.69 Å². The molecule has 0 spiro atoms. The van der Waals surface area contributed by atoms with Gasteiger partial charge in [0.25, 0.3) is 0 Å². The van der Waals surface area contributed by atoms with E-state index in [2.05, 4.69) is 20.3 Å². The SMILES string of the molecule is C[C@@H](O)C(CO)OC(Sc1cnc(C#N)c(Cl)c1)[C@@H](O)Cn1cc(-c2nc(Cl)cs2)nn1. The van der Waals surface area contributed by atoms with Crippen LogP contribution in [0.2, 0.25) is 10.2 Å². The van der Waals surface area contributed by atoms with Gasteiger partial charge in [-0.3, -0.25) is 0 Å². The van der Waals surface area contributed by atoms with Crippen LogP contribution in [0.25, 0.3) is 10.7 Å². The molecular weight excluding hydrogens is 499 g/mol. The van der Waals surface area contributed by atoms with Crippen LogP contribution in [-0.2, 0) is 11.3 Å². The molecule has 3 heterocycles. The van der Waals surface area contributed by atoms with Crippen LogP contribution >= 0.6 is 46.3 Å². The Hall–Kier alpha value is -1.82. The van der Waals surface area contributed by atoms with E-state index >= 15 is 0 Å². The van der Waals surface area contributed by atoms with Gasteiger partial charge >= 0.3 is 0 Å². The first-order valence-electron chi connectivity index (χ1n) is 9.17. The highest BCUT2D eigenvalue weighted by Gasteiger charge is 2.28. The number of halogens is 2. The standard InChI is InChI=1S/C18H18Cl2N6O4S2/c1-9(28)15(7-27)30-18(32-10-2-11(19)12(3-21)22-4-10)14(29)6-26-5-13(24-25-26)17-23-16(20)8-31-17/h2,4-5,8-9,14-15,18,27-29H,6-7H2,1H3/t9-,14+,15?,18?/m1/s1. The highest BCUT2D eigenvalue weighted by Crippen LogP contribution is 2.31. The number of hydrogen-bond acceptors (Lipinski definition) is 11. The van der Waals surface area contributed by atoms with Crippen molar-refractivity contribution in [3.8, 4) is 16.8 Å². The zero-order valence-electron chi connectivity index (χ0n) is 16.5. The summed E-state index contributed by atoms with van der Waals surface area (Å²) < 4.78 is 7.20. The van der Waals surface area contributed by atoms with Crippen molar-refractivity contribution in [1.82, 2.24) is 25.0 Å². The molecule has 2 unspecified atom stereocenters. The van der Waals surface area contributed by atoms with E-state index in [9.17, 15) is 15.3 Å². The predicted molar refractivity (Wildman–Crippen MR) is 119 cm³/mol. The summed E-state index contributed by atoms with van der Waals surface area (Å²) in [7, 11) is 0. The fraction of sp³-hybridized carbons (Fsp3) is 0.389. The molecule has 3 aromatic rings. The maximum absolute atomic E-state index is 10.9. The van der Waals surface area contributed by atoms with Crippen molar-refractivity contribution in [3.05, 3.63) is 39.7 Å². The Balaban J connectivity index is 1.78. The molecule has 0 bridgehead atoms. The number of thioether (sulfide) groups is 1. The first-order valence-corrected chi connectivity index (χ1v) is 11.7. The fourth-order valence-corrected chi connectivity index (χ4v) is 4.69. The van der Waals surface area contributed by atoms with Gasteiger partial charge < -0.3 is 20.1 Å². The fourth-order valence-electron chi connectivity index (χ4n) is 2.51. The van der Waals surface area contributed by atoms with Gasteiger partial charge in [-0.15, -0.1) is 16.4 Å². The summed E-state index contributed by atoms with van der Waals surface area (Å²) in [5.41, 5.74) is -0.363. The lowest BCUT2D eigenvalue weighted by Gasteiger charge is -2.28. The first kappa shape index (κ1) is 24.8. The van der Waals surface area contributed by atoms with E-state index < -0.39 is 30.4 Å². The van der Waals surface area contributed by atoms with Crippen molar-refractivity contribution < 1.29 is 20.1 Å². The van der Waals surface area contributed by atoms with Crippen LogP contribution in [0.5, 0.6) is 0 Å². The Morgan fingerprint density at radius 3 is 2.75 bits per heavy atom. The molecule has 170 valence electrons. The van der Waals surface area contributed by atoms with Gasteiger partial charge in [-0.25, -0.2) is 14.6 Å². The monoisotopic (exact) mass is 516 g/mol. The minimum Gasteiger partial charge on any atom is -0.394 e. The van der Waals surface area contributed by atoms with Gasteiger partial charge in [-0.2, -0.15) is 5.26 Å². The number of aliphatic hydroxyl groups excluding tert-OH is 3. The third kappa shape index (κ3) is 6.37. The zero-order chi connectivity index (χ0) is 23.3. The lowest BCUT2D eigenvalue weighted by Crippen LogP contribution is -2.39. The molecule has 0 saturated carbocycles. The number of nitrogens with zero attached hydrogens (tertiary/aromatic N) is 6. The maximum atomic E-state index is 10.9. The summed E-state index contributed by atoms with van der Waals surface area (Å²) in [6, 6.07) is 3.40. The van der Waals surface area contributed by atoms with Gasteiger partial charge in [0, 0.05) is 16.5 Å². The second kappa shape index (κ2) is 11.4. The number of thiazole rings is 1. The van der Waals surface area contributed by atoms with Gasteiger partial charge in [0.1, 0.15) is 39.6 Å². The van der Waals surface area contributed by atoms with E-state index in [1.807, 2.05) is 6.07 Å². The number of nitriles is 1. The van der Waals surface area contributed by atoms with E-state index in [1.165, 1.54) is 35.2 Å². The number of hydrogen-bond donors (Lipinski definition) is 3. The molecule has 10 nitrogen and oxygen atoms in total. The molecule has 3 rings (SSSR count). The summed E-state index contributed by atoms with van der Waals surface area (Å²) in [5.74, 6) is 0. The molecule has 4 atom stereocenters. The zero-order valence-corrected chi connectivity index (χ0v) is 19.7. The summed E-state index contributed by atoms with van der Waals surface area (Å²) in [4.78, 5) is 8.63. The van der Waals surface area contributed by atoms with Crippen molar-refractivity contribution in [2.75, 3.05) is 6.61 Å². The summed E-state index contributed by atoms with van der Waals surface area (Å²) >= 11 is 14.3. The minimum atomic E-state index is -1.13. The largest absolute Gasteiger partial charge is 0.394 e. The van der Waals surface area contributed by atoms with E-state index in [0.29, 0.717) is 20.8 Å². The third-order valence-corrected chi connectivity index (χ3v) is 6.75. The highest BCUT2D eigenvalue weighted by atomic mass is 35.5. The van der Waals surface area contributed by atoms with Crippen molar-refractivity contribution in [1.29, 1.82) is 5.26 Å². The van der Waals surface area contributed by atoms with Gasteiger partial charge in [-0.05, 0) is 13.0 Å². The maximum Gasteiger partial charge on any atom is 0.159 e. The Morgan fingerprint density at radius 1 is 1.38 bits per heavy atom. The van der Waals surface area contributed by atoms with Crippen molar-refractivity contribution in [2.24, 2.45) is 0 Å². The van der Waals surface area contributed by atoms with Gasteiger partial charge in [0.05, 0.1) is 30.5 Å². The lowest BCUT2D eigenvalue weighted by atomic mass is 10.2. The van der Waals surface area contributed by atoms with E-state index in [-0.39, 0.29) is 17.3 Å². The van der Waals surface area contributed by atoms with Crippen LogP contribution in [-0.4, -0.2) is 70.6 Å². The molecule has 0 aromatic carbocycles. The molecule has 0 aliphatic heterocycles. The molecule has 14 heteroatoms. The smallest absolute Gasteiger partial charge is 0.159 e. The molecular formula is C18H18Cl2N6O4S2. The Bertz CT molecular complexity index is 1090. The Morgan fingerprint density at radius 2 is 2.16 bits per heavy atom. The summed E-state index contributed by atoms with van der Waals surface area (Å²) in [6.45, 7) is 1.02. The topological polar surface area (TPSA) is 150 Å². The van der Waals surface area contributed by atoms with E-state index in [0.717, 1.165) is 11.8 Å². The molecule has 0 amide bonds. The first-order chi connectivity index (χ1) is 15.3. The van der Waals surface area contributed by atoms with Crippen LogP contribution in [0.1, 0.15) is 12.6 Å². The molecule has 3 aromatic heterocycles. The molecule has 32 heavy (non-hydrogen) atoms. The number of pyridine rings is 1. The van der Waals surface area contributed by atoms with Crippen LogP contribution < -0.4 is 0 Å². The molecule has 3 N–H and O–H groups in total. The second-order valence-corrected chi connectivity index (χ2v) is 9.39. The molecule has 0 radical (unpaired) electrons. The summed E-state index contributed by atoms with van der Waals surface area (Å²) in [5, 5.41) is 50.1. The third-order valence-electron chi connectivity index (χ3n) is 4.12. The number of rotatable bonds is 10. The highest BCUT2D eigenvalue weighted by molar-refractivity contribution is 7.99. The average molecular weight is 517 g/mol. The Labute approximate surface area is 201 Å². The molecule has 0 aliphatic carbocycles. The number of ether oxygens (including phenoxy) is 1. The normalized spacial score (nSPS) is 15.2. The van der Waals surface area contributed by atoms with Gasteiger partial charge in [-0.1, -0.05) is 40.2 Å². The van der Waals surface area contributed by atoms with Crippen LogP contribution in [0.3, 0.4) is 0 Å². The molecule has 0 fully saturated rings. The minimum absolute atomic E-state index is 0.000821. The van der Waals surface area contributed by atoms with Crippen molar-refractivity contribution in [2.45, 2.75) is 42.1 Å².